The van der Waals surface area contributed by atoms with E-state index in [9.17, 15) is 9.59 Å². The summed E-state index contributed by atoms with van der Waals surface area (Å²) in [6.07, 6.45) is 1.24. The molecule has 2 aromatic heterocycles. The van der Waals surface area contributed by atoms with Crippen molar-refractivity contribution >= 4 is 40.1 Å². The number of carbonyl (C=O) groups excluding carboxylic acids is 2. The number of hydrogen-bond acceptors (Lipinski definition) is 4. The minimum Gasteiger partial charge on any atom is -0.453 e. The van der Waals surface area contributed by atoms with Crippen molar-refractivity contribution in [2.75, 3.05) is 12.4 Å². The molecule has 0 saturated carbocycles. The number of nitrogens with zero attached hydrogens (tertiary/aromatic N) is 1. The molecule has 0 aliphatic carbocycles. The van der Waals surface area contributed by atoms with Crippen LogP contribution in [0.2, 0.25) is 5.15 Å². The Hall–Kier alpha value is -3.64. The van der Waals surface area contributed by atoms with Gasteiger partial charge in [0.15, 0.2) is 5.78 Å². The summed E-state index contributed by atoms with van der Waals surface area (Å²) in [7, 11) is 1.29. The molecule has 1 amide bonds. The van der Waals surface area contributed by atoms with Gasteiger partial charge in [0.05, 0.1) is 7.11 Å². The van der Waals surface area contributed by atoms with E-state index in [0.717, 1.165) is 22.0 Å². The van der Waals surface area contributed by atoms with Gasteiger partial charge in [-0.25, -0.2) is 9.78 Å². The number of rotatable bonds is 4. The fourth-order valence-corrected chi connectivity index (χ4v) is 3.67. The fraction of sp³-hybridized carbons (Fsp3) is 0.0870. The van der Waals surface area contributed by atoms with Crippen LogP contribution in [0.15, 0.2) is 60.8 Å². The van der Waals surface area contributed by atoms with Crippen molar-refractivity contribution in [1.82, 2.24) is 9.97 Å². The zero-order chi connectivity index (χ0) is 21.3. The van der Waals surface area contributed by atoms with Crippen LogP contribution in [-0.4, -0.2) is 29.0 Å². The Kier molecular flexibility index (Phi) is 5.25. The maximum absolute atomic E-state index is 13.2. The van der Waals surface area contributed by atoms with Gasteiger partial charge in [-0.3, -0.25) is 10.1 Å². The molecule has 0 saturated heterocycles. The second-order valence-electron chi connectivity index (χ2n) is 6.81. The van der Waals surface area contributed by atoms with Crippen LogP contribution >= 0.6 is 11.6 Å². The molecule has 0 aliphatic heterocycles. The zero-order valence-electron chi connectivity index (χ0n) is 16.3. The Labute approximate surface area is 177 Å². The third-order valence-electron chi connectivity index (χ3n) is 4.72. The number of aromatic amines is 1. The van der Waals surface area contributed by atoms with Crippen molar-refractivity contribution in [2.45, 2.75) is 6.92 Å². The van der Waals surface area contributed by atoms with Crippen LogP contribution in [0, 0.1) is 6.92 Å². The molecular formula is C23H18ClN3O3. The number of amides is 1. The number of halogens is 1. The average Bonchev–Trinajstić information content (AvgIpc) is 3.21. The number of anilines is 1. The Morgan fingerprint density at radius 2 is 1.87 bits per heavy atom. The fourth-order valence-electron chi connectivity index (χ4n) is 3.42. The summed E-state index contributed by atoms with van der Waals surface area (Å²) in [4.78, 5) is 32.3. The lowest BCUT2D eigenvalue weighted by Gasteiger charge is -2.12. The summed E-state index contributed by atoms with van der Waals surface area (Å²) < 4.78 is 4.71. The van der Waals surface area contributed by atoms with E-state index in [2.05, 4.69) is 15.3 Å². The molecular weight excluding hydrogens is 402 g/mol. The average molecular weight is 420 g/mol. The molecule has 150 valence electrons. The molecule has 0 aliphatic rings. The molecule has 0 atom stereocenters. The molecule has 0 fully saturated rings. The topological polar surface area (TPSA) is 84.1 Å². The van der Waals surface area contributed by atoms with Crippen LogP contribution in [-0.2, 0) is 4.74 Å². The lowest BCUT2D eigenvalue weighted by Crippen LogP contribution is -2.12. The molecule has 4 aromatic rings. The molecule has 0 radical (unpaired) electrons. The Bertz CT molecular complexity index is 1260. The minimum absolute atomic E-state index is 0.224. The summed E-state index contributed by atoms with van der Waals surface area (Å²) in [5.74, 6) is -0.224. The molecule has 0 unspecified atom stereocenters. The van der Waals surface area contributed by atoms with E-state index in [-0.39, 0.29) is 10.9 Å². The van der Waals surface area contributed by atoms with Gasteiger partial charge in [0, 0.05) is 39.6 Å². The second kappa shape index (κ2) is 8.00. The molecule has 2 N–H and O–H groups in total. The van der Waals surface area contributed by atoms with E-state index >= 15 is 0 Å². The van der Waals surface area contributed by atoms with E-state index in [0.29, 0.717) is 22.5 Å². The van der Waals surface area contributed by atoms with Crippen LogP contribution in [0.1, 0.15) is 21.6 Å². The van der Waals surface area contributed by atoms with Crippen molar-refractivity contribution in [3.63, 3.8) is 0 Å². The van der Waals surface area contributed by atoms with Gasteiger partial charge in [0.1, 0.15) is 5.15 Å². The van der Waals surface area contributed by atoms with Crippen molar-refractivity contribution in [3.05, 3.63) is 82.8 Å². The molecule has 2 aromatic carbocycles. The third kappa shape index (κ3) is 3.90. The van der Waals surface area contributed by atoms with Gasteiger partial charge >= 0.3 is 6.09 Å². The van der Waals surface area contributed by atoms with Gasteiger partial charge in [0.25, 0.3) is 0 Å². The van der Waals surface area contributed by atoms with E-state index in [1.807, 2.05) is 30.5 Å². The standard InChI is InChI=1S/C23H18ClN3O3/c1-13-8-15(12-21(24)26-13)22(28)16-9-14(10-17(11-16)27-23(29)30-2)18-4-3-5-20-19(18)6-7-25-20/h3-12,25H,1-2H3,(H,27,29). The SMILES string of the molecule is COC(=O)Nc1cc(C(=O)c2cc(C)nc(Cl)c2)cc(-c2cccc3[nH]ccc23)c1. The number of H-pyrrole nitrogens is 1. The molecule has 0 spiro atoms. The molecule has 0 bridgehead atoms. The first kappa shape index (κ1) is 19.7. The maximum atomic E-state index is 13.2. The number of carbonyl (C=O) groups is 2. The lowest BCUT2D eigenvalue weighted by atomic mass is 9.95. The van der Waals surface area contributed by atoms with E-state index < -0.39 is 6.09 Å². The van der Waals surface area contributed by atoms with Crippen molar-refractivity contribution in [3.8, 4) is 11.1 Å². The number of pyridine rings is 1. The predicted molar refractivity (Wildman–Crippen MR) is 117 cm³/mol. The van der Waals surface area contributed by atoms with Crippen LogP contribution in [0.4, 0.5) is 10.5 Å². The van der Waals surface area contributed by atoms with E-state index in [4.69, 9.17) is 16.3 Å². The summed E-state index contributed by atoms with van der Waals surface area (Å²) in [6.45, 7) is 1.77. The Morgan fingerprint density at radius 3 is 2.63 bits per heavy atom. The predicted octanol–water partition coefficient (Wildman–Crippen LogP) is 5.60. The van der Waals surface area contributed by atoms with Crippen molar-refractivity contribution < 1.29 is 14.3 Å². The number of aryl methyl sites for hydroxylation is 1. The van der Waals surface area contributed by atoms with Crippen LogP contribution in [0.5, 0.6) is 0 Å². The van der Waals surface area contributed by atoms with Gasteiger partial charge in [-0.15, -0.1) is 0 Å². The maximum Gasteiger partial charge on any atom is 0.411 e. The van der Waals surface area contributed by atoms with Gasteiger partial charge in [-0.1, -0.05) is 23.7 Å². The molecule has 30 heavy (non-hydrogen) atoms. The summed E-state index contributed by atoms with van der Waals surface area (Å²) in [5, 5.41) is 3.91. The number of hydrogen-bond donors (Lipinski definition) is 2. The molecule has 2 heterocycles. The Morgan fingerprint density at radius 1 is 1.07 bits per heavy atom. The van der Waals surface area contributed by atoms with E-state index in [1.54, 1.807) is 31.2 Å². The number of fused-ring (bicyclic) bond motifs is 1. The number of ketones is 1. The van der Waals surface area contributed by atoms with E-state index in [1.165, 1.54) is 13.2 Å². The highest BCUT2D eigenvalue weighted by Gasteiger charge is 2.16. The zero-order valence-corrected chi connectivity index (χ0v) is 17.1. The largest absolute Gasteiger partial charge is 0.453 e. The number of nitrogens with one attached hydrogen (secondary N) is 2. The lowest BCUT2D eigenvalue weighted by molar-refractivity contribution is 0.103. The first-order valence-electron chi connectivity index (χ1n) is 9.20. The van der Waals surface area contributed by atoms with Crippen LogP contribution in [0.25, 0.3) is 22.0 Å². The van der Waals surface area contributed by atoms with Crippen LogP contribution in [0.3, 0.4) is 0 Å². The van der Waals surface area contributed by atoms with Crippen molar-refractivity contribution in [2.24, 2.45) is 0 Å². The Balaban J connectivity index is 1.87. The van der Waals surface area contributed by atoms with Gasteiger partial charge in [-0.2, -0.15) is 0 Å². The normalized spacial score (nSPS) is 10.8. The second-order valence-corrected chi connectivity index (χ2v) is 7.20. The highest BCUT2D eigenvalue weighted by atomic mass is 35.5. The quantitative estimate of drug-likeness (QED) is 0.333. The summed E-state index contributed by atoms with van der Waals surface area (Å²) in [6, 6.07) is 16.3. The number of aromatic nitrogens is 2. The van der Waals surface area contributed by atoms with Gasteiger partial charge < -0.3 is 9.72 Å². The number of ether oxygens (including phenoxy) is 1. The summed E-state index contributed by atoms with van der Waals surface area (Å²) in [5.41, 5.74) is 4.62. The monoisotopic (exact) mass is 419 g/mol. The molecule has 4 rings (SSSR count). The minimum atomic E-state index is -0.617. The summed E-state index contributed by atoms with van der Waals surface area (Å²) >= 11 is 6.04. The molecule has 7 heteroatoms. The molecule has 6 nitrogen and oxygen atoms in total. The first-order chi connectivity index (χ1) is 14.4. The third-order valence-corrected chi connectivity index (χ3v) is 4.91. The smallest absolute Gasteiger partial charge is 0.411 e. The van der Waals surface area contributed by atoms with Crippen LogP contribution < -0.4 is 5.32 Å². The highest BCUT2D eigenvalue weighted by Crippen LogP contribution is 2.32. The van der Waals surface area contributed by atoms with Gasteiger partial charge in [-0.05, 0) is 60.5 Å². The first-order valence-corrected chi connectivity index (χ1v) is 9.58. The van der Waals surface area contributed by atoms with Gasteiger partial charge in [0.2, 0.25) is 0 Å². The number of benzene rings is 2. The number of methoxy groups -OCH3 is 1. The van der Waals surface area contributed by atoms with Crippen molar-refractivity contribution in [1.29, 1.82) is 0 Å². The highest BCUT2D eigenvalue weighted by molar-refractivity contribution is 6.30.